The first-order chi connectivity index (χ1) is 12.0. The van der Waals surface area contributed by atoms with Crippen molar-refractivity contribution >= 4 is 17.5 Å². The fourth-order valence-corrected chi connectivity index (χ4v) is 2.44. The molecule has 5 heteroatoms. The van der Waals surface area contributed by atoms with Crippen LogP contribution in [0.25, 0.3) is 17.4 Å². The number of benzene rings is 2. The van der Waals surface area contributed by atoms with Crippen LogP contribution < -0.4 is 0 Å². The smallest absolute Gasteiger partial charge is 0.280 e. The number of nitrogens with zero attached hydrogens (tertiary/aromatic N) is 1. The highest BCUT2D eigenvalue weighted by atomic mass is 16.6. The maximum Gasteiger partial charge on any atom is 0.280 e. The third-order valence-electron chi connectivity index (χ3n) is 3.70. The number of carbonyl (C=O) groups excluding carboxylic acids is 1. The van der Waals surface area contributed by atoms with Gasteiger partial charge in [0.2, 0.25) is 0 Å². The van der Waals surface area contributed by atoms with Gasteiger partial charge >= 0.3 is 0 Å². The number of hydrogen-bond donors (Lipinski definition) is 0. The zero-order valence-electron chi connectivity index (χ0n) is 13.5. The van der Waals surface area contributed by atoms with E-state index in [0.29, 0.717) is 22.6 Å². The van der Waals surface area contributed by atoms with Gasteiger partial charge < -0.3 is 4.42 Å². The van der Waals surface area contributed by atoms with E-state index < -0.39 is 4.92 Å². The highest BCUT2D eigenvalue weighted by Gasteiger charge is 2.18. The van der Waals surface area contributed by atoms with Crippen LogP contribution in [0.1, 0.15) is 21.7 Å². The zero-order chi connectivity index (χ0) is 17.8. The molecular formula is C20H15NO4. The lowest BCUT2D eigenvalue weighted by molar-refractivity contribution is -0.384. The van der Waals surface area contributed by atoms with Crippen molar-refractivity contribution in [2.24, 2.45) is 0 Å². The van der Waals surface area contributed by atoms with Gasteiger partial charge in [-0.3, -0.25) is 14.9 Å². The van der Waals surface area contributed by atoms with Crippen LogP contribution >= 0.6 is 0 Å². The molecule has 0 aliphatic heterocycles. The summed E-state index contributed by atoms with van der Waals surface area (Å²) in [5, 5.41) is 11.2. The molecular weight excluding hydrogens is 318 g/mol. The monoisotopic (exact) mass is 333 g/mol. The molecule has 3 aromatic rings. The fraction of sp³-hybridized carbons (Fsp3) is 0.0500. The summed E-state index contributed by atoms with van der Waals surface area (Å²) >= 11 is 0. The molecule has 0 bridgehead atoms. The summed E-state index contributed by atoms with van der Waals surface area (Å²) in [7, 11) is 0. The van der Waals surface area contributed by atoms with E-state index >= 15 is 0 Å². The second kappa shape index (κ2) is 6.97. The van der Waals surface area contributed by atoms with E-state index in [2.05, 4.69) is 0 Å². The van der Waals surface area contributed by atoms with Crippen molar-refractivity contribution in [2.75, 3.05) is 0 Å². The maximum atomic E-state index is 12.1. The van der Waals surface area contributed by atoms with Crippen LogP contribution in [-0.2, 0) is 0 Å². The third kappa shape index (κ3) is 3.72. The highest BCUT2D eigenvalue weighted by Crippen LogP contribution is 2.32. The predicted molar refractivity (Wildman–Crippen MR) is 95.3 cm³/mol. The Labute approximate surface area is 144 Å². The molecule has 0 spiro atoms. The second-order valence-electron chi connectivity index (χ2n) is 5.54. The minimum Gasteiger partial charge on any atom is -0.456 e. The molecule has 0 saturated carbocycles. The minimum atomic E-state index is -0.431. The Balaban J connectivity index is 1.85. The Morgan fingerprint density at radius 3 is 2.56 bits per heavy atom. The molecule has 0 unspecified atom stereocenters. The average Bonchev–Trinajstić information content (AvgIpc) is 3.09. The van der Waals surface area contributed by atoms with Gasteiger partial charge in [0.15, 0.2) is 5.78 Å². The lowest BCUT2D eigenvalue weighted by Crippen LogP contribution is -1.92. The van der Waals surface area contributed by atoms with Crippen LogP contribution in [0.3, 0.4) is 0 Å². The number of ketones is 1. The number of aryl methyl sites for hydroxylation is 1. The van der Waals surface area contributed by atoms with Crippen LogP contribution in [0.4, 0.5) is 5.69 Å². The molecule has 25 heavy (non-hydrogen) atoms. The quantitative estimate of drug-likeness (QED) is 0.283. The summed E-state index contributed by atoms with van der Waals surface area (Å²) in [5.41, 5.74) is 1.78. The van der Waals surface area contributed by atoms with Crippen molar-refractivity contribution in [3.05, 3.63) is 93.7 Å². The van der Waals surface area contributed by atoms with Crippen LogP contribution in [0, 0.1) is 17.0 Å². The first kappa shape index (κ1) is 16.4. The molecule has 0 fully saturated rings. The Morgan fingerprint density at radius 2 is 1.84 bits per heavy atom. The number of carbonyl (C=O) groups is 1. The normalized spacial score (nSPS) is 10.9. The standard InChI is InChI=1S/C20H15NO4/c1-14-7-10-17(18(13-14)21(23)24)20-12-9-16(25-20)8-11-19(22)15-5-3-2-4-6-15/h2-13H,1H3. The van der Waals surface area contributed by atoms with E-state index in [9.17, 15) is 14.9 Å². The second-order valence-corrected chi connectivity index (χ2v) is 5.54. The molecule has 0 N–H and O–H groups in total. The average molecular weight is 333 g/mol. The Hall–Kier alpha value is -3.47. The summed E-state index contributed by atoms with van der Waals surface area (Å²) in [4.78, 5) is 22.9. The van der Waals surface area contributed by atoms with E-state index in [-0.39, 0.29) is 11.5 Å². The van der Waals surface area contributed by atoms with Crippen LogP contribution in [0.15, 0.2) is 71.2 Å². The van der Waals surface area contributed by atoms with Gasteiger partial charge in [-0.25, -0.2) is 0 Å². The summed E-state index contributed by atoms with van der Waals surface area (Å²) in [6, 6.07) is 17.2. The Bertz CT molecular complexity index is 955. The molecule has 124 valence electrons. The van der Waals surface area contributed by atoms with Gasteiger partial charge in [0.1, 0.15) is 11.5 Å². The lowest BCUT2D eigenvalue weighted by Gasteiger charge is -2.01. The summed E-state index contributed by atoms with van der Waals surface area (Å²) < 4.78 is 5.64. The van der Waals surface area contributed by atoms with Crippen LogP contribution in [0.5, 0.6) is 0 Å². The first-order valence-corrected chi connectivity index (χ1v) is 7.67. The SMILES string of the molecule is Cc1ccc(-c2ccc(C=CC(=O)c3ccccc3)o2)c([N+](=O)[O-])c1. The predicted octanol–water partition coefficient (Wildman–Crippen LogP) is 5.06. The molecule has 1 heterocycles. The molecule has 0 saturated heterocycles. The van der Waals surface area contributed by atoms with Gasteiger partial charge in [-0.15, -0.1) is 0 Å². The summed E-state index contributed by atoms with van der Waals surface area (Å²) in [6.45, 7) is 1.79. The van der Waals surface area contributed by atoms with E-state index in [1.165, 1.54) is 12.1 Å². The fourth-order valence-electron chi connectivity index (χ4n) is 2.44. The van der Waals surface area contributed by atoms with Crippen molar-refractivity contribution in [1.29, 1.82) is 0 Å². The molecule has 0 atom stereocenters. The minimum absolute atomic E-state index is 0.00904. The van der Waals surface area contributed by atoms with Crippen molar-refractivity contribution in [3.63, 3.8) is 0 Å². The first-order valence-electron chi connectivity index (χ1n) is 7.67. The van der Waals surface area contributed by atoms with E-state index in [0.717, 1.165) is 5.56 Å². The van der Waals surface area contributed by atoms with E-state index in [1.54, 1.807) is 61.5 Å². The summed E-state index contributed by atoms with van der Waals surface area (Å²) in [6.07, 6.45) is 2.97. The molecule has 1 aromatic heterocycles. The van der Waals surface area contributed by atoms with Crippen molar-refractivity contribution < 1.29 is 14.1 Å². The molecule has 2 aromatic carbocycles. The number of hydrogen-bond acceptors (Lipinski definition) is 4. The van der Waals surface area contributed by atoms with Gasteiger partial charge in [-0.2, -0.15) is 0 Å². The lowest BCUT2D eigenvalue weighted by atomic mass is 10.1. The van der Waals surface area contributed by atoms with Gasteiger partial charge in [0.25, 0.3) is 5.69 Å². The van der Waals surface area contributed by atoms with Crippen molar-refractivity contribution in [3.8, 4) is 11.3 Å². The molecule has 0 aliphatic rings. The molecule has 0 aliphatic carbocycles. The van der Waals surface area contributed by atoms with Gasteiger partial charge in [-0.05, 0) is 42.8 Å². The number of rotatable bonds is 5. The molecule has 5 nitrogen and oxygen atoms in total. The molecule has 0 amide bonds. The van der Waals surface area contributed by atoms with Gasteiger partial charge in [0, 0.05) is 11.6 Å². The number of nitro groups is 1. The topological polar surface area (TPSA) is 73.3 Å². The number of nitro benzene ring substituents is 1. The highest BCUT2D eigenvalue weighted by molar-refractivity contribution is 6.06. The Morgan fingerprint density at radius 1 is 1.08 bits per heavy atom. The molecule has 0 radical (unpaired) electrons. The van der Waals surface area contributed by atoms with Crippen molar-refractivity contribution in [1.82, 2.24) is 0 Å². The molecule has 3 rings (SSSR count). The van der Waals surface area contributed by atoms with Crippen LogP contribution in [0.2, 0.25) is 0 Å². The Kier molecular flexibility index (Phi) is 4.57. The van der Waals surface area contributed by atoms with Crippen molar-refractivity contribution in [2.45, 2.75) is 6.92 Å². The third-order valence-corrected chi connectivity index (χ3v) is 3.70. The largest absolute Gasteiger partial charge is 0.456 e. The van der Waals surface area contributed by atoms with Gasteiger partial charge in [0.05, 0.1) is 10.5 Å². The number of allylic oxidation sites excluding steroid dienone is 1. The number of furan rings is 1. The van der Waals surface area contributed by atoms with E-state index in [4.69, 9.17) is 4.42 Å². The maximum absolute atomic E-state index is 12.1. The van der Waals surface area contributed by atoms with Gasteiger partial charge in [-0.1, -0.05) is 36.4 Å². The zero-order valence-corrected chi connectivity index (χ0v) is 13.5. The summed E-state index contributed by atoms with van der Waals surface area (Å²) in [5.74, 6) is 0.701. The van der Waals surface area contributed by atoms with E-state index in [1.807, 2.05) is 6.07 Å². The van der Waals surface area contributed by atoms with Crippen LogP contribution in [-0.4, -0.2) is 10.7 Å².